The summed E-state index contributed by atoms with van der Waals surface area (Å²) in [4.78, 5) is 12.3. The van der Waals surface area contributed by atoms with Crippen molar-refractivity contribution in [3.63, 3.8) is 0 Å². The fourth-order valence-electron chi connectivity index (χ4n) is 1.62. The molecule has 19 heavy (non-hydrogen) atoms. The molecule has 2 rings (SSSR count). The minimum Gasteiger partial charge on any atom is -0.321 e. The molecule has 98 valence electrons. The topological polar surface area (TPSA) is 29.1 Å². The van der Waals surface area contributed by atoms with E-state index in [2.05, 4.69) is 43.8 Å². The molecule has 0 saturated heterocycles. The maximum Gasteiger partial charge on any atom is 0.255 e. The first kappa shape index (κ1) is 14.8. The highest BCUT2D eigenvalue weighted by Gasteiger charge is 2.11. The van der Waals surface area contributed by atoms with Crippen molar-refractivity contribution in [3.8, 4) is 0 Å². The highest BCUT2D eigenvalue weighted by Crippen LogP contribution is 2.24. The summed E-state index contributed by atoms with van der Waals surface area (Å²) in [7, 11) is 0. The van der Waals surface area contributed by atoms with Gasteiger partial charge in [-0.15, -0.1) is 0 Å². The van der Waals surface area contributed by atoms with Gasteiger partial charge in [0.2, 0.25) is 0 Å². The number of amides is 1. The summed E-state index contributed by atoms with van der Waals surface area (Å²) >= 11 is 11.4. The van der Waals surface area contributed by atoms with E-state index in [1.165, 1.54) is 0 Å². The second-order valence-corrected chi connectivity index (χ2v) is 6.55. The molecular formula is C14H10BrClINO. The lowest BCUT2D eigenvalue weighted by atomic mass is 10.1. The molecule has 0 aliphatic rings. The third-order valence-corrected chi connectivity index (χ3v) is 4.24. The third kappa shape index (κ3) is 3.70. The zero-order valence-corrected chi connectivity index (χ0v) is 14.5. The van der Waals surface area contributed by atoms with E-state index in [0.717, 1.165) is 19.3 Å². The molecule has 0 bridgehead atoms. The molecule has 1 amide bonds. The molecule has 2 nitrogen and oxygen atoms in total. The van der Waals surface area contributed by atoms with E-state index in [1.54, 1.807) is 12.1 Å². The molecule has 2 aromatic rings. The van der Waals surface area contributed by atoms with Gasteiger partial charge in [0, 0.05) is 18.6 Å². The van der Waals surface area contributed by atoms with Crippen molar-refractivity contribution in [2.45, 2.75) is 6.92 Å². The van der Waals surface area contributed by atoms with Gasteiger partial charge < -0.3 is 5.32 Å². The number of aryl methyl sites for hydroxylation is 1. The van der Waals surface area contributed by atoms with Gasteiger partial charge in [0.05, 0.1) is 5.69 Å². The highest BCUT2D eigenvalue weighted by atomic mass is 127. The zero-order valence-electron chi connectivity index (χ0n) is 10.0. The molecule has 0 aliphatic heterocycles. The van der Waals surface area contributed by atoms with Crippen molar-refractivity contribution in [1.29, 1.82) is 0 Å². The average molecular weight is 451 g/mol. The molecule has 0 atom stereocenters. The van der Waals surface area contributed by atoms with E-state index in [9.17, 15) is 4.79 Å². The Morgan fingerprint density at radius 3 is 2.68 bits per heavy atom. The van der Waals surface area contributed by atoms with E-state index >= 15 is 0 Å². The number of hydrogen-bond acceptors (Lipinski definition) is 1. The number of hydrogen-bond donors (Lipinski definition) is 1. The van der Waals surface area contributed by atoms with Gasteiger partial charge in [-0.2, -0.15) is 0 Å². The third-order valence-electron chi connectivity index (χ3n) is 2.62. The number of nitrogens with one attached hydrogen (secondary N) is 1. The molecular weight excluding hydrogens is 440 g/mol. The average Bonchev–Trinajstić information content (AvgIpc) is 2.35. The molecule has 0 heterocycles. The molecule has 0 spiro atoms. The van der Waals surface area contributed by atoms with Gasteiger partial charge in [-0.1, -0.05) is 33.6 Å². The van der Waals surface area contributed by atoms with Crippen LogP contribution >= 0.6 is 50.1 Å². The first-order valence-corrected chi connectivity index (χ1v) is 7.75. The van der Waals surface area contributed by atoms with Crippen LogP contribution in [0.15, 0.2) is 40.9 Å². The Kier molecular flexibility index (Phi) is 4.86. The molecule has 1 N–H and O–H groups in total. The van der Waals surface area contributed by atoms with Crippen molar-refractivity contribution in [3.05, 3.63) is 60.6 Å². The largest absolute Gasteiger partial charge is 0.321 e. The van der Waals surface area contributed by atoms with Crippen molar-refractivity contribution in [2.75, 3.05) is 5.32 Å². The van der Waals surface area contributed by atoms with Crippen molar-refractivity contribution in [2.24, 2.45) is 0 Å². The Morgan fingerprint density at radius 2 is 2.00 bits per heavy atom. The molecule has 0 aliphatic carbocycles. The summed E-state index contributed by atoms with van der Waals surface area (Å²) in [6, 6.07) is 11.0. The Balaban J connectivity index is 2.28. The Labute approximate surface area is 138 Å². The molecule has 0 saturated carbocycles. The minimum absolute atomic E-state index is 0.126. The number of benzene rings is 2. The second-order valence-electron chi connectivity index (χ2n) is 4.04. The van der Waals surface area contributed by atoms with Crippen LogP contribution in [0.4, 0.5) is 5.69 Å². The normalized spacial score (nSPS) is 10.3. The van der Waals surface area contributed by atoms with Crippen LogP contribution in [-0.2, 0) is 0 Å². The van der Waals surface area contributed by atoms with Gasteiger partial charge in [-0.3, -0.25) is 4.79 Å². The molecule has 0 radical (unpaired) electrons. The number of halogens is 3. The van der Waals surface area contributed by atoms with Gasteiger partial charge in [0.15, 0.2) is 0 Å². The van der Waals surface area contributed by atoms with Crippen molar-refractivity contribution in [1.82, 2.24) is 0 Å². The van der Waals surface area contributed by atoms with E-state index in [1.807, 2.05) is 31.2 Å². The standard InChI is InChI=1S/C14H10BrClINO/c1-8-2-3-9(15)6-11(8)14(19)18-13-5-4-10(16)7-12(13)17/h2-7H,1H3,(H,18,19). The predicted octanol–water partition coefficient (Wildman–Crippen LogP) is 5.27. The van der Waals surface area contributed by atoms with E-state index in [0.29, 0.717) is 10.6 Å². The summed E-state index contributed by atoms with van der Waals surface area (Å²) in [5.41, 5.74) is 2.35. The number of carbonyl (C=O) groups excluding carboxylic acids is 1. The lowest BCUT2D eigenvalue weighted by Gasteiger charge is -2.10. The molecule has 0 fully saturated rings. The summed E-state index contributed by atoms with van der Waals surface area (Å²) in [6.07, 6.45) is 0. The monoisotopic (exact) mass is 449 g/mol. The fourth-order valence-corrected chi connectivity index (χ4v) is 2.99. The van der Waals surface area contributed by atoms with Gasteiger partial charge in [-0.05, 0) is 65.4 Å². The van der Waals surface area contributed by atoms with E-state index in [4.69, 9.17) is 11.6 Å². The summed E-state index contributed by atoms with van der Waals surface area (Å²) in [6.45, 7) is 1.91. The van der Waals surface area contributed by atoms with Crippen molar-refractivity contribution >= 4 is 61.7 Å². The lowest BCUT2D eigenvalue weighted by Crippen LogP contribution is -2.14. The molecule has 5 heteroatoms. The summed E-state index contributed by atoms with van der Waals surface area (Å²) in [5.74, 6) is -0.126. The maximum absolute atomic E-state index is 12.3. The maximum atomic E-state index is 12.3. The van der Waals surface area contributed by atoms with Crippen LogP contribution in [0.3, 0.4) is 0 Å². The SMILES string of the molecule is Cc1ccc(Br)cc1C(=O)Nc1ccc(Cl)cc1I. The van der Waals surface area contributed by atoms with Crippen LogP contribution in [0.5, 0.6) is 0 Å². The van der Waals surface area contributed by atoms with Crippen molar-refractivity contribution < 1.29 is 4.79 Å². The van der Waals surface area contributed by atoms with Crippen LogP contribution in [0.2, 0.25) is 5.02 Å². The Hall–Kier alpha value is -0.590. The first-order chi connectivity index (χ1) is 8.97. The predicted molar refractivity (Wildman–Crippen MR) is 91.0 cm³/mol. The van der Waals surface area contributed by atoms with Gasteiger partial charge in [0.25, 0.3) is 5.91 Å². The van der Waals surface area contributed by atoms with E-state index in [-0.39, 0.29) is 5.91 Å². The highest BCUT2D eigenvalue weighted by molar-refractivity contribution is 14.1. The second kappa shape index (κ2) is 6.24. The summed E-state index contributed by atoms with van der Waals surface area (Å²) < 4.78 is 1.79. The van der Waals surface area contributed by atoms with Gasteiger partial charge in [0.1, 0.15) is 0 Å². The van der Waals surface area contributed by atoms with Gasteiger partial charge in [-0.25, -0.2) is 0 Å². The summed E-state index contributed by atoms with van der Waals surface area (Å²) in [5, 5.41) is 3.55. The smallest absolute Gasteiger partial charge is 0.255 e. The first-order valence-electron chi connectivity index (χ1n) is 5.50. The Morgan fingerprint density at radius 1 is 1.26 bits per heavy atom. The number of rotatable bonds is 2. The van der Waals surface area contributed by atoms with Crippen LogP contribution < -0.4 is 5.32 Å². The molecule has 0 aromatic heterocycles. The quantitative estimate of drug-likeness (QED) is 0.621. The number of anilines is 1. The minimum atomic E-state index is -0.126. The van der Waals surface area contributed by atoms with E-state index < -0.39 is 0 Å². The molecule has 2 aromatic carbocycles. The number of carbonyl (C=O) groups is 1. The van der Waals surface area contributed by atoms with Crippen LogP contribution in [0.25, 0.3) is 0 Å². The zero-order chi connectivity index (χ0) is 14.0. The fraction of sp³-hybridized carbons (Fsp3) is 0.0714. The molecule has 0 unspecified atom stereocenters. The van der Waals surface area contributed by atoms with Crippen LogP contribution in [0, 0.1) is 10.5 Å². The van der Waals surface area contributed by atoms with Crippen LogP contribution in [-0.4, -0.2) is 5.91 Å². The van der Waals surface area contributed by atoms with Crippen LogP contribution in [0.1, 0.15) is 15.9 Å². The van der Waals surface area contributed by atoms with Gasteiger partial charge >= 0.3 is 0 Å². The Bertz CT molecular complexity index is 645. The lowest BCUT2D eigenvalue weighted by molar-refractivity contribution is 0.102.